The van der Waals surface area contributed by atoms with Gasteiger partial charge in [0.15, 0.2) is 0 Å². The van der Waals surface area contributed by atoms with Crippen LogP contribution in [0.1, 0.15) is 41.1 Å². The van der Waals surface area contributed by atoms with Gasteiger partial charge in [0.1, 0.15) is 0 Å². The molecule has 0 amide bonds. The molecule has 1 N–H and O–H groups in total. The molecule has 1 aliphatic rings. The molecule has 0 saturated carbocycles. The van der Waals surface area contributed by atoms with E-state index in [0.717, 1.165) is 6.54 Å². The van der Waals surface area contributed by atoms with Crippen molar-refractivity contribution in [1.29, 1.82) is 0 Å². The molecule has 2 heteroatoms. The molecule has 3 rings (SSSR count). The van der Waals surface area contributed by atoms with E-state index in [9.17, 15) is 0 Å². The van der Waals surface area contributed by atoms with Crippen LogP contribution in [0.2, 0.25) is 0 Å². The first-order valence-electron chi connectivity index (χ1n) is 7.73. The monoisotopic (exact) mass is 297 g/mol. The third-order valence-electron chi connectivity index (χ3n) is 4.33. The second-order valence-corrected chi connectivity index (χ2v) is 6.91. The van der Waals surface area contributed by atoms with Gasteiger partial charge in [0.2, 0.25) is 0 Å². The van der Waals surface area contributed by atoms with Gasteiger partial charge >= 0.3 is 0 Å². The Labute approximate surface area is 132 Å². The molecule has 2 atom stereocenters. The van der Waals surface area contributed by atoms with E-state index in [-0.39, 0.29) is 0 Å². The second-order valence-electron chi connectivity index (χ2n) is 5.85. The Balaban J connectivity index is 2.01. The smallest absolute Gasteiger partial charge is 0.0400 e. The van der Waals surface area contributed by atoms with Gasteiger partial charge in [-0.1, -0.05) is 48.9 Å². The van der Waals surface area contributed by atoms with Gasteiger partial charge in [0.05, 0.1) is 0 Å². The summed E-state index contributed by atoms with van der Waals surface area (Å²) in [6.45, 7) is 7.61. The minimum atomic E-state index is 0.408. The lowest BCUT2D eigenvalue weighted by atomic mass is 9.86. The maximum Gasteiger partial charge on any atom is 0.0400 e. The molecule has 0 saturated heterocycles. The molecule has 110 valence electrons. The lowest BCUT2D eigenvalue weighted by Crippen LogP contribution is -2.28. The first-order valence-corrected chi connectivity index (χ1v) is 8.71. The topological polar surface area (TPSA) is 12.0 Å². The highest BCUT2D eigenvalue weighted by molar-refractivity contribution is 7.99. The van der Waals surface area contributed by atoms with Gasteiger partial charge < -0.3 is 5.32 Å². The normalized spacial score (nSPS) is 18.5. The minimum Gasteiger partial charge on any atom is -0.310 e. The maximum absolute atomic E-state index is 3.74. The number of nitrogens with one attached hydrogen (secondary N) is 1. The largest absolute Gasteiger partial charge is 0.310 e. The van der Waals surface area contributed by atoms with Crippen molar-refractivity contribution in [1.82, 2.24) is 5.32 Å². The summed E-state index contributed by atoms with van der Waals surface area (Å²) in [7, 11) is 0. The van der Waals surface area contributed by atoms with Gasteiger partial charge in [-0.3, -0.25) is 0 Å². The number of hydrogen-bond donors (Lipinski definition) is 1. The molecule has 1 heterocycles. The Morgan fingerprint density at radius 3 is 2.81 bits per heavy atom. The molecule has 0 fully saturated rings. The fourth-order valence-corrected chi connectivity index (χ4v) is 4.54. The Morgan fingerprint density at radius 1 is 1.19 bits per heavy atom. The molecule has 0 spiro atoms. The van der Waals surface area contributed by atoms with Crippen LogP contribution in [0.3, 0.4) is 0 Å². The summed E-state index contributed by atoms with van der Waals surface area (Å²) in [5.74, 6) is 1.73. The minimum absolute atomic E-state index is 0.408. The number of aryl methyl sites for hydroxylation is 2. The molecule has 1 aliphatic heterocycles. The highest BCUT2D eigenvalue weighted by Gasteiger charge is 2.31. The molecule has 2 aromatic carbocycles. The lowest BCUT2D eigenvalue weighted by molar-refractivity contribution is 0.483. The molecular formula is C19H23NS. The molecule has 0 aliphatic carbocycles. The van der Waals surface area contributed by atoms with Crippen LogP contribution >= 0.6 is 11.8 Å². The van der Waals surface area contributed by atoms with Crippen molar-refractivity contribution in [3.8, 4) is 0 Å². The predicted molar refractivity (Wildman–Crippen MR) is 92.2 cm³/mol. The first kappa shape index (κ1) is 14.7. The zero-order valence-electron chi connectivity index (χ0n) is 13.0. The van der Waals surface area contributed by atoms with Crippen molar-refractivity contribution in [2.45, 2.75) is 37.6 Å². The summed E-state index contributed by atoms with van der Waals surface area (Å²) < 4.78 is 0. The standard InChI is InChI=1S/C19H23NS/c1-4-20-19(16-11-13(2)9-10-14(16)3)17-12-21-18-8-6-5-7-15(17)18/h5-11,17,19-20H,4,12H2,1-3H3. The average Bonchev–Trinajstić information content (AvgIpc) is 2.91. The molecule has 0 bridgehead atoms. The average molecular weight is 297 g/mol. The number of benzene rings is 2. The van der Waals surface area contributed by atoms with Gasteiger partial charge in [-0.05, 0) is 43.1 Å². The van der Waals surface area contributed by atoms with Crippen molar-refractivity contribution in [3.05, 3.63) is 64.7 Å². The van der Waals surface area contributed by atoms with E-state index >= 15 is 0 Å². The van der Waals surface area contributed by atoms with Gasteiger partial charge in [-0.2, -0.15) is 0 Å². The number of thioether (sulfide) groups is 1. The van der Waals surface area contributed by atoms with Crippen LogP contribution in [0.25, 0.3) is 0 Å². The van der Waals surface area contributed by atoms with E-state index in [1.54, 1.807) is 0 Å². The second kappa shape index (κ2) is 6.25. The number of fused-ring (bicyclic) bond motifs is 1. The van der Waals surface area contributed by atoms with E-state index in [0.29, 0.717) is 12.0 Å². The molecular weight excluding hydrogens is 274 g/mol. The molecule has 1 nitrogen and oxygen atoms in total. The Kier molecular flexibility index (Phi) is 4.37. The lowest BCUT2D eigenvalue weighted by Gasteiger charge is -2.27. The number of hydrogen-bond acceptors (Lipinski definition) is 2. The SMILES string of the molecule is CCNC(c1cc(C)ccc1C)C1CSc2ccccc21. The van der Waals surface area contributed by atoms with Crippen molar-refractivity contribution in [2.24, 2.45) is 0 Å². The van der Waals surface area contributed by atoms with Gasteiger partial charge in [-0.15, -0.1) is 11.8 Å². The highest BCUT2D eigenvalue weighted by Crippen LogP contribution is 2.46. The van der Waals surface area contributed by atoms with Crippen molar-refractivity contribution >= 4 is 11.8 Å². The summed E-state index contributed by atoms with van der Waals surface area (Å²) in [4.78, 5) is 1.45. The molecule has 2 unspecified atom stereocenters. The zero-order valence-corrected chi connectivity index (χ0v) is 13.8. The van der Waals surface area contributed by atoms with Crippen molar-refractivity contribution < 1.29 is 0 Å². The van der Waals surface area contributed by atoms with Gasteiger partial charge in [-0.25, -0.2) is 0 Å². The Hall–Kier alpha value is -1.25. The summed E-state index contributed by atoms with van der Waals surface area (Å²) in [5.41, 5.74) is 5.70. The zero-order chi connectivity index (χ0) is 14.8. The van der Waals surface area contributed by atoms with Crippen molar-refractivity contribution in [3.63, 3.8) is 0 Å². The first-order chi connectivity index (χ1) is 10.2. The summed E-state index contributed by atoms with van der Waals surface area (Å²) in [6.07, 6.45) is 0. The summed E-state index contributed by atoms with van der Waals surface area (Å²) in [6, 6.07) is 16.1. The van der Waals surface area contributed by atoms with Gasteiger partial charge in [0, 0.05) is 22.6 Å². The third-order valence-corrected chi connectivity index (χ3v) is 5.54. The fraction of sp³-hybridized carbons (Fsp3) is 0.368. The van der Waals surface area contributed by atoms with E-state index in [4.69, 9.17) is 0 Å². The Morgan fingerprint density at radius 2 is 2.00 bits per heavy atom. The third kappa shape index (κ3) is 2.88. The van der Waals surface area contributed by atoms with Crippen LogP contribution in [-0.4, -0.2) is 12.3 Å². The molecule has 2 aromatic rings. The summed E-state index contributed by atoms with van der Waals surface area (Å²) >= 11 is 1.99. The van der Waals surface area contributed by atoms with Gasteiger partial charge in [0.25, 0.3) is 0 Å². The predicted octanol–water partition coefficient (Wildman–Crippen LogP) is 4.84. The fourth-order valence-electron chi connectivity index (χ4n) is 3.25. The van der Waals surface area contributed by atoms with E-state index in [2.05, 4.69) is 68.6 Å². The van der Waals surface area contributed by atoms with E-state index in [1.807, 2.05) is 11.8 Å². The molecule has 0 radical (unpaired) electrons. The molecule has 0 aromatic heterocycles. The Bertz CT molecular complexity index is 635. The summed E-state index contributed by atoms with van der Waals surface area (Å²) in [5, 5.41) is 3.74. The highest BCUT2D eigenvalue weighted by atomic mass is 32.2. The quantitative estimate of drug-likeness (QED) is 0.866. The van der Waals surface area contributed by atoms with Crippen LogP contribution in [-0.2, 0) is 0 Å². The van der Waals surface area contributed by atoms with Crippen LogP contribution in [0.5, 0.6) is 0 Å². The number of rotatable bonds is 4. The van der Waals surface area contributed by atoms with Crippen LogP contribution < -0.4 is 5.32 Å². The van der Waals surface area contributed by atoms with E-state index in [1.165, 1.54) is 32.9 Å². The van der Waals surface area contributed by atoms with Crippen molar-refractivity contribution in [2.75, 3.05) is 12.3 Å². The molecule has 21 heavy (non-hydrogen) atoms. The van der Waals surface area contributed by atoms with Crippen LogP contribution in [0, 0.1) is 13.8 Å². The van der Waals surface area contributed by atoms with E-state index < -0.39 is 0 Å². The van der Waals surface area contributed by atoms with Crippen LogP contribution in [0.15, 0.2) is 47.4 Å². The number of likely N-dealkylation sites (N-methyl/N-ethyl adjacent to an activating group) is 1. The maximum atomic E-state index is 3.74. The van der Waals surface area contributed by atoms with Crippen LogP contribution in [0.4, 0.5) is 0 Å².